The molecule has 0 saturated carbocycles. The fourth-order valence-corrected chi connectivity index (χ4v) is 2.78. The Morgan fingerprint density at radius 2 is 1.96 bits per heavy atom. The molecule has 120 valence electrons. The van der Waals surface area contributed by atoms with Crippen molar-refractivity contribution in [1.29, 1.82) is 5.26 Å². The van der Waals surface area contributed by atoms with E-state index in [0.29, 0.717) is 12.1 Å². The topological polar surface area (TPSA) is 77.4 Å². The highest BCUT2D eigenvalue weighted by Gasteiger charge is 2.09. The van der Waals surface area contributed by atoms with Gasteiger partial charge in [0.1, 0.15) is 11.5 Å². The maximum atomic E-state index is 8.98. The van der Waals surface area contributed by atoms with E-state index in [4.69, 9.17) is 5.26 Å². The Hall–Kier alpha value is -3.65. The van der Waals surface area contributed by atoms with E-state index in [1.165, 1.54) is 0 Å². The monoisotopic (exact) mass is 325 g/mol. The normalized spacial score (nSPS) is 10.5. The van der Waals surface area contributed by atoms with Crippen LogP contribution in [0.15, 0.2) is 67.0 Å². The fraction of sp³-hybridized carbons (Fsp3) is 0.0500. The van der Waals surface area contributed by atoms with Crippen LogP contribution < -0.4 is 5.32 Å². The lowest BCUT2D eigenvalue weighted by Crippen LogP contribution is -2.03. The second-order valence-electron chi connectivity index (χ2n) is 5.66. The number of hydrogen-bond donors (Lipinski definition) is 2. The minimum atomic E-state index is 0.604. The second-order valence-corrected chi connectivity index (χ2v) is 5.66. The number of benzene rings is 1. The largest absolute Gasteiger partial charge is 0.364 e. The zero-order valence-corrected chi connectivity index (χ0v) is 13.4. The van der Waals surface area contributed by atoms with E-state index in [-0.39, 0.29) is 0 Å². The highest BCUT2D eigenvalue weighted by Crippen LogP contribution is 2.30. The van der Waals surface area contributed by atoms with E-state index >= 15 is 0 Å². The van der Waals surface area contributed by atoms with Crippen molar-refractivity contribution in [2.24, 2.45) is 0 Å². The molecular formula is C20H15N5. The molecular weight excluding hydrogens is 310 g/mol. The summed E-state index contributed by atoms with van der Waals surface area (Å²) in [5.41, 5.74) is 4.55. The molecule has 5 heteroatoms. The highest BCUT2D eigenvalue weighted by atomic mass is 15.0. The predicted molar refractivity (Wildman–Crippen MR) is 97.8 cm³/mol. The SMILES string of the molecule is N#Cc1ccc(-c2cc(NCc3ccccn3)nc3[nH]ccc23)cc1. The maximum absolute atomic E-state index is 8.98. The Morgan fingerprint density at radius 3 is 2.72 bits per heavy atom. The van der Waals surface area contributed by atoms with Crippen LogP contribution >= 0.6 is 0 Å². The minimum Gasteiger partial charge on any atom is -0.364 e. The quantitative estimate of drug-likeness (QED) is 0.592. The van der Waals surface area contributed by atoms with Gasteiger partial charge in [0, 0.05) is 17.8 Å². The zero-order chi connectivity index (χ0) is 17.1. The minimum absolute atomic E-state index is 0.604. The van der Waals surface area contributed by atoms with Gasteiger partial charge in [-0.25, -0.2) is 4.98 Å². The first kappa shape index (κ1) is 14.9. The van der Waals surface area contributed by atoms with E-state index in [0.717, 1.165) is 33.7 Å². The smallest absolute Gasteiger partial charge is 0.140 e. The van der Waals surface area contributed by atoms with Crippen LogP contribution in [0.3, 0.4) is 0 Å². The number of hydrogen-bond acceptors (Lipinski definition) is 4. The van der Waals surface area contributed by atoms with E-state index in [9.17, 15) is 0 Å². The Labute approximate surface area is 145 Å². The molecule has 0 saturated heterocycles. The van der Waals surface area contributed by atoms with Crippen molar-refractivity contribution in [3.63, 3.8) is 0 Å². The molecule has 3 heterocycles. The standard InChI is InChI=1S/C20H15N5/c21-12-14-4-6-15(7-5-14)18-11-19(25-20-17(18)8-10-23-20)24-13-16-3-1-2-9-22-16/h1-11H,13H2,(H2,23,24,25). The van der Waals surface area contributed by atoms with Crippen molar-refractivity contribution in [3.8, 4) is 17.2 Å². The lowest BCUT2D eigenvalue weighted by Gasteiger charge is -2.09. The summed E-state index contributed by atoms with van der Waals surface area (Å²) in [6, 6.07) is 19.6. The molecule has 2 N–H and O–H groups in total. The Morgan fingerprint density at radius 1 is 1.08 bits per heavy atom. The number of nitrogens with one attached hydrogen (secondary N) is 2. The van der Waals surface area contributed by atoms with Crippen LogP contribution in [0.2, 0.25) is 0 Å². The van der Waals surface area contributed by atoms with Crippen LogP contribution in [0.5, 0.6) is 0 Å². The number of anilines is 1. The third-order valence-electron chi connectivity index (χ3n) is 4.03. The molecule has 0 unspecified atom stereocenters. The molecule has 1 aromatic carbocycles. The highest BCUT2D eigenvalue weighted by molar-refractivity contribution is 5.94. The zero-order valence-electron chi connectivity index (χ0n) is 13.4. The summed E-state index contributed by atoms with van der Waals surface area (Å²) in [7, 11) is 0. The summed E-state index contributed by atoms with van der Waals surface area (Å²) in [5.74, 6) is 0.778. The van der Waals surface area contributed by atoms with Crippen LogP contribution in [-0.2, 0) is 6.54 Å². The van der Waals surface area contributed by atoms with Crippen LogP contribution in [-0.4, -0.2) is 15.0 Å². The Balaban J connectivity index is 1.70. The lowest BCUT2D eigenvalue weighted by atomic mass is 10.0. The summed E-state index contributed by atoms with van der Waals surface area (Å²) < 4.78 is 0. The summed E-state index contributed by atoms with van der Waals surface area (Å²) >= 11 is 0. The Kier molecular flexibility index (Phi) is 3.85. The van der Waals surface area contributed by atoms with Gasteiger partial charge in [-0.3, -0.25) is 4.98 Å². The molecule has 25 heavy (non-hydrogen) atoms. The number of fused-ring (bicyclic) bond motifs is 1. The first-order valence-electron chi connectivity index (χ1n) is 7.96. The number of rotatable bonds is 4. The molecule has 0 bridgehead atoms. The first-order valence-corrected chi connectivity index (χ1v) is 7.96. The lowest BCUT2D eigenvalue weighted by molar-refractivity contribution is 1.03. The van der Waals surface area contributed by atoms with Gasteiger partial charge < -0.3 is 10.3 Å². The molecule has 0 aliphatic heterocycles. The van der Waals surface area contributed by atoms with Crippen LogP contribution in [0.4, 0.5) is 5.82 Å². The average molecular weight is 325 g/mol. The van der Waals surface area contributed by atoms with Crippen molar-refractivity contribution in [2.45, 2.75) is 6.54 Å². The van der Waals surface area contributed by atoms with Gasteiger partial charge in [-0.15, -0.1) is 0 Å². The number of pyridine rings is 2. The van der Waals surface area contributed by atoms with Crippen LogP contribution in [0.25, 0.3) is 22.2 Å². The van der Waals surface area contributed by atoms with E-state index < -0.39 is 0 Å². The second kappa shape index (κ2) is 6.46. The number of nitriles is 1. The van der Waals surface area contributed by atoms with Gasteiger partial charge in [0.05, 0.1) is 23.9 Å². The predicted octanol–water partition coefficient (Wildman–Crippen LogP) is 4.11. The molecule has 5 nitrogen and oxygen atoms in total. The van der Waals surface area contributed by atoms with Gasteiger partial charge in [0.25, 0.3) is 0 Å². The summed E-state index contributed by atoms with van der Waals surface area (Å²) in [5, 5.41) is 13.4. The molecule has 0 radical (unpaired) electrons. The molecule has 4 aromatic rings. The molecule has 0 atom stereocenters. The van der Waals surface area contributed by atoms with Gasteiger partial charge >= 0.3 is 0 Å². The first-order chi connectivity index (χ1) is 12.3. The van der Waals surface area contributed by atoms with Crippen LogP contribution in [0, 0.1) is 11.3 Å². The summed E-state index contributed by atoms with van der Waals surface area (Å²) in [6.45, 7) is 0.604. The average Bonchev–Trinajstić information content (AvgIpc) is 3.15. The van der Waals surface area contributed by atoms with E-state index in [2.05, 4.69) is 26.3 Å². The summed E-state index contributed by atoms with van der Waals surface area (Å²) in [6.07, 6.45) is 3.66. The molecule has 3 aromatic heterocycles. The van der Waals surface area contributed by atoms with Gasteiger partial charge in [-0.1, -0.05) is 18.2 Å². The van der Waals surface area contributed by atoms with Crippen LogP contribution in [0.1, 0.15) is 11.3 Å². The number of aromatic amines is 1. The van der Waals surface area contributed by atoms with E-state index in [1.807, 2.05) is 60.8 Å². The summed E-state index contributed by atoms with van der Waals surface area (Å²) in [4.78, 5) is 12.1. The van der Waals surface area contributed by atoms with Crippen molar-refractivity contribution >= 4 is 16.9 Å². The van der Waals surface area contributed by atoms with Crippen molar-refractivity contribution < 1.29 is 0 Å². The number of nitrogens with zero attached hydrogens (tertiary/aromatic N) is 3. The third kappa shape index (κ3) is 3.06. The molecule has 0 aliphatic carbocycles. The van der Waals surface area contributed by atoms with E-state index in [1.54, 1.807) is 6.20 Å². The molecule has 0 amide bonds. The number of H-pyrrole nitrogens is 1. The van der Waals surface area contributed by atoms with Gasteiger partial charge in [-0.2, -0.15) is 5.26 Å². The molecule has 0 fully saturated rings. The molecule has 0 spiro atoms. The van der Waals surface area contributed by atoms with Gasteiger partial charge in [0.15, 0.2) is 0 Å². The number of aromatic nitrogens is 3. The Bertz CT molecular complexity index is 1040. The molecule has 4 rings (SSSR count). The van der Waals surface area contributed by atoms with Crippen molar-refractivity contribution in [3.05, 3.63) is 78.2 Å². The van der Waals surface area contributed by atoms with Gasteiger partial charge in [0.2, 0.25) is 0 Å². The van der Waals surface area contributed by atoms with Gasteiger partial charge in [-0.05, 0) is 47.5 Å². The molecule has 0 aliphatic rings. The van der Waals surface area contributed by atoms with Crippen molar-refractivity contribution in [2.75, 3.05) is 5.32 Å². The van der Waals surface area contributed by atoms with Crippen molar-refractivity contribution in [1.82, 2.24) is 15.0 Å². The third-order valence-corrected chi connectivity index (χ3v) is 4.03. The maximum Gasteiger partial charge on any atom is 0.140 e. The fourth-order valence-electron chi connectivity index (χ4n) is 2.78.